The molecule has 1 unspecified atom stereocenters. The van der Waals surface area contributed by atoms with E-state index in [1.165, 1.54) is 0 Å². The highest BCUT2D eigenvalue weighted by Crippen LogP contribution is 2.60. The monoisotopic (exact) mass is 365 g/mol. The van der Waals surface area contributed by atoms with Crippen LogP contribution in [-0.2, 0) is 13.6 Å². The van der Waals surface area contributed by atoms with Crippen LogP contribution in [0.3, 0.4) is 0 Å². The Hall–Kier alpha value is -1.53. The molecule has 0 fully saturated rings. The normalized spacial score (nSPS) is 13.5. The van der Waals surface area contributed by atoms with E-state index in [-0.39, 0.29) is 0 Å². The van der Waals surface area contributed by atoms with Gasteiger partial charge in [-0.2, -0.15) is 16.4 Å². The van der Waals surface area contributed by atoms with Crippen LogP contribution in [0.15, 0.2) is 35.2 Å². The number of thiophene rings is 1. The van der Waals surface area contributed by atoms with Crippen molar-refractivity contribution < 1.29 is 13.6 Å². The van der Waals surface area contributed by atoms with Crippen LogP contribution in [-0.4, -0.2) is 27.8 Å². The molecule has 0 N–H and O–H groups in total. The molecule has 8 heteroatoms. The second kappa shape index (κ2) is 7.15. The van der Waals surface area contributed by atoms with Crippen molar-refractivity contribution in [1.29, 1.82) is 0 Å². The molecule has 128 valence electrons. The maximum absolute atomic E-state index is 13.2. The number of fused-ring (bicyclic) bond motifs is 1. The number of hydrogen-bond acceptors (Lipinski definition) is 6. The quantitative estimate of drug-likeness (QED) is 0.564. The van der Waals surface area contributed by atoms with Crippen molar-refractivity contribution >= 4 is 24.6 Å². The zero-order chi connectivity index (χ0) is 17.2. The van der Waals surface area contributed by atoms with Gasteiger partial charge in [-0.15, -0.1) is 0 Å². The molecule has 3 aromatic rings. The van der Waals surface area contributed by atoms with Gasteiger partial charge in [0.2, 0.25) is 0 Å². The summed E-state index contributed by atoms with van der Waals surface area (Å²) in [5.74, 6) is 0. The maximum atomic E-state index is 13.2. The van der Waals surface area contributed by atoms with Crippen LogP contribution in [0.25, 0.3) is 16.9 Å². The first-order chi connectivity index (χ1) is 11.6. The summed E-state index contributed by atoms with van der Waals surface area (Å²) in [5, 5.41) is 8.36. The third-order valence-corrected chi connectivity index (χ3v) is 6.86. The second-order valence-corrected chi connectivity index (χ2v) is 8.38. The van der Waals surface area contributed by atoms with Crippen molar-refractivity contribution in [2.75, 3.05) is 13.2 Å². The summed E-state index contributed by atoms with van der Waals surface area (Å²) >= 11 is 1.61. The molecule has 6 nitrogen and oxygen atoms in total. The van der Waals surface area contributed by atoms with Gasteiger partial charge in [0.25, 0.3) is 0 Å². The van der Waals surface area contributed by atoms with Crippen LogP contribution in [0.1, 0.15) is 32.1 Å². The van der Waals surface area contributed by atoms with Gasteiger partial charge in [-0.3, -0.25) is 4.57 Å². The van der Waals surface area contributed by atoms with Crippen molar-refractivity contribution in [1.82, 2.24) is 14.6 Å². The van der Waals surface area contributed by atoms with Gasteiger partial charge in [-0.25, -0.2) is 9.50 Å². The van der Waals surface area contributed by atoms with Crippen LogP contribution in [0.2, 0.25) is 0 Å². The molecule has 0 aliphatic carbocycles. The van der Waals surface area contributed by atoms with E-state index in [1.54, 1.807) is 22.0 Å². The zero-order valence-electron chi connectivity index (χ0n) is 13.9. The van der Waals surface area contributed by atoms with E-state index in [0.717, 1.165) is 17.0 Å². The summed E-state index contributed by atoms with van der Waals surface area (Å²) in [6.07, 6.45) is 1.68. The Labute approximate surface area is 145 Å². The number of aromatic nitrogens is 3. The summed E-state index contributed by atoms with van der Waals surface area (Å²) < 4.78 is 25.9. The largest absolute Gasteiger partial charge is 0.339 e. The van der Waals surface area contributed by atoms with Crippen molar-refractivity contribution in [2.24, 2.45) is 0 Å². The Bertz CT molecular complexity index is 853. The molecule has 3 rings (SSSR count). The first-order valence-corrected chi connectivity index (χ1v) is 10.4. The van der Waals surface area contributed by atoms with E-state index < -0.39 is 13.3 Å². The maximum Gasteiger partial charge on any atom is 0.339 e. The fourth-order valence-electron chi connectivity index (χ4n) is 2.58. The SMILES string of the molecule is CCOP(=O)(OCC)C(C)c1cc(-c2ccsc2)nc2ccnn12. The molecule has 3 heterocycles. The van der Waals surface area contributed by atoms with Gasteiger partial charge in [0, 0.05) is 17.0 Å². The Morgan fingerprint density at radius 2 is 2.04 bits per heavy atom. The molecule has 0 amide bonds. The Kier molecular flexibility index (Phi) is 5.15. The summed E-state index contributed by atoms with van der Waals surface area (Å²) in [4.78, 5) is 4.63. The molecular weight excluding hydrogens is 345 g/mol. The zero-order valence-corrected chi connectivity index (χ0v) is 15.6. The Balaban J connectivity index is 2.13. The van der Waals surface area contributed by atoms with Gasteiger partial charge in [0.1, 0.15) is 5.66 Å². The topological polar surface area (TPSA) is 65.7 Å². The minimum Gasteiger partial charge on any atom is -0.308 e. The third-order valence-electron chi connectivity index (χ3n) is 3.72. The van der Waals surface area contributed by atoms with Crippen molar-refractivity contribution in [2.45, 2.75) is 26.4 Å². The molecule has 0 saturated carbocycles. The molecule has 0 spiro atoms. The van der Waals surface area contributed by atoms with Crippen LogP contribution in [0.5, 0.6) is 0 Å². The van der Waals surface area contributed by atoms with Gasteiger partial charge < -0.3 is 9.05 Å². The number of nitrogens with zero attached hydrogens (tertiary/aromatic N) is 3. The molecule has 0 aromatic carbocycles. The number of rotatable bonds is 7. The third kappa shape index (κ3) is 3.17. The lowest BCUT2D eigenvalue weighted by atomic mass is 10.2. The van der Waals surface area contributed by atoms with E-state index >= 15 is 0 Å². The first-order valence-electron chi connectivity index (χ1n) is 7.85. The second-order valence-electron chi connectivity index (χ2n) is 5.23. The summed E-state index contributed by atoms with van der Waals surface area (Å²) in [6.45, 7) is 6.12. The fourth-order valence-corrected chi connectivity index (χ4v) is 4.97. The molecule has 1 atom stereocenters. The van der Waals surface area contributed by atoms with Crippen molar-refractivity contribution in [3.8, 4) is 11.3 Å². The summed E-state index contributed by atoms with van der Waals surface area (Å²) in [6, 6.07) is 5.76. The minimum atomic E-state index is -3.29. The fraction of sp³-hybridized carbons (Fsp3) is 0.375. The van der Waals surface area contributed by atoms with Crippen LogP contribution < -0.4 is 0 Å². The first kappa shape index (κ1) is 17.3. The van der Waals surface area contributed by atoms with E-state index in [0.29, 0.717) is 18.9 Å². The minimum absolute atomic E-state index is 0.326. The van der Waals surface area contributed by atoms with Crippen LogP contribution in [0, 0.1) is 0 Å². The van der Waals surface area contributed by atoms with Gasteiger partial charge >= 0.3 is 7.60 Å². The van der Waals surface area contributed by atoms with E-state index in [1.807, 2.05) is 49.7 Å². The molecule has 0 bridgehead atoms. The highest BCUT2D eigenvalue weighted by Gasteiger charge is 2.35. The molecular formula is C16H20N3O3PS. The smallest absolute Gasteiger partial charge is 0.308 e. The molecule has 0 aliphatic rings. The predicted octanol–water partition coefficient (Wildman–Crippen LogP) is 4.78. The lowest BCUT2D eigenvalue weighted by Gasteiger charge is -2.24. The van der Waals surface area contributed by atoms with E-state index in [9.17, 15) is 4.57 Å². The Morgan fingerprint density at radius 3 is 2.67 bits per heavy atom. The van der Waals surface area contributed by atoms with Crippen molar-refractivity contribution in [3.05, 3.63) is 40.8 Å². The lowest BCUT2D eigenvalue weighted by molar-refractivity contribution is 0.213. The number of hydrogen-bond donors (Lipinski definition) is 0. The molecule has 3 aromatic heterocycles. The van der Waals surface area contributed by atoms with Crippen LogP contribution in [0.4, 0.5) is 0 Å². The molecule has 0 radical (unpaired) electrons. The van der Waals surface area contributed by atoms with Gasteiger partial charge in [0.05, 0.1) is 30.8 Å². The van der Waals surface area contributed by atoms with E-state index in [2.05, 4.69) is 10.1 Å². The standard InChI is InChI=1S/C16H20N3O3PS/c1-4-21-23(20,22-5-2)12(3)15-10-14(13-7-9-24-11-13)18-16-6-8-17-19(15)16/h6-12H,4-5H2,1-3H3. The van der Waals surface area contributed by atoms with Gasteiger partial charge in [0.15, 0.2) is 5.65 Å². The summed E-state index contributed by atoms with van der Waals surface area (Å²) in [5.41, 5.74) is 2.86. The van der Waals surface area contributed by atoms with Crippen molar-refractivity contribution in [3.63, 3.8) is 0 Å². The average molecular weight is 365 g/mol. The molecule has 24 heavy (non-hydrogen) atoms. The molecule has 0 saturated heterocycles. The Morgan fingerprint density at radius 1 is 1.29 bits per heavy atom. The van der Waals surface area contributed by atoms with Gasteiger partial charge in [-0.05, 0) is 38.3 Å². The summed E-state index contributed by atoms with van der Waals surface area (Å²) in [7, 11) is -3.29. The predicted molar refractivity (Wildman–Crippen MR) is 95.6 cm³/mol. The lowest BCUT2D eigenvalue weighted by Crippen LogP contribution is -2.10. The van der Waals surface area contributed by atoms with Gasteiger partial charge in [-0.1, -0.05) is 0 Å². The van der Waals surface area contributed by atoms with Crippen LogP contribution >= 0.6 is 18.9 Å². The van der Waals surface area contributed by atoms with E-state index in [4.69, 9.17) is 9.05 Å². The molecule has 0 aliphatic heterocycles. The highest BCUT2D eigenvalue weighted by molar-refractivity contribution is 7.54. The average Bonchev–Trinajstić information content (AvgIpc) is 3.24. The highest BCUT2D eigenvalue weighted by atomic mass is 32.1.